The largest absolute Gasteiger partial charge is 0.432 e. The number of benzene rings is 2. The Labute approximate surface area is 188 Å². The van der Waals surface area contributed by atoms with Crippen molar-refractivity contribution >= 4 is 16.7 Å². The lowest BCUT2D eigenvalue weighted by Gasteiger charge is -2.59. The highest BCUT2D eigenvalue weighted by Crippen LogP contribution is 2.60. The smallest absolute Gasteiger partial charge is 0.340 e. The first-order valence-electron chi connectivity index (χ1n) is 11.8. The van der Waals surface area contributed by atoms with Crippen LogP contribution < -0.4 is 0 Å². The molecule has 1 aliphatic carbocycles. The van der Waals surface area contributed by atoms with E-state index in [9.17, 15) is 4.79 Å². The molecule has 1 spiro atoms. The number of fused-ring (bicyclic) bond motifs is 3. The van der Waals surface area contributed by atoms with Crippen LogP contribution in [-0.2, 0) is 24.0 Å². The zero-order chi connectivity index (χ0) is 22.1. The minimum absolute atomic E-state index is 0.0414. The van der Waals surface area contributed by atoms with E-state index in [0.717, 1.165) is 36.5 Å². The Morgan fingerprint density at radius 2 is 1.81 bits per heavy atom. The topological polar surface area (TPSA) is 63.2 Å². The summed E-state index contributed by atoms with van der Waals surface area (Å²) in [7, 11) is 0. The van der Waals surface area contributed by atoms with E-state index in [4.69, 9.17) is 24.0 Å². The van der Waals surface area contributed by atoms with E-state index in [-0.39, 0.29) is 23.7 Å². The van der Waals surface area contributed by atoms with E-state index in [1.807, 2.05) is 43.3 Å². The Hall–Kier alpha value is -1.99. The number of hydrogen-bond acceptors (Lipinski definition) is 6. The normalized spacial score (nSPS) is 42.8. The maximum Gasteiger partial charge on any atom is 0.340 e. The minimum atomic E-state index is -0.842. The van der Waals surface area contributed by atoms with E-state index in [1.54, 1.807) is 6.07 Å². The molecule has 6 nitrogen and oxygen atoms in total. The second-order valence-corrected chi connectivity index (χ2v) is 10.2. The number of esters is 1. The van der Waals surface area contributed by atoms with Crippen molar-refractivity contribution < 1.29 is 28.8 Å². The van der Waals surface area contributed by atoms with E-state index in [1.165, 1.54) is 0 Å². The molecule has 6 heteroatoms. The fourth-order valence-electron chi connectivity index (χ4n) is 6.50. The molecule has 8 atom stereocenters. The number of ether oxygens (including phenoxy) is 3. The number of rotatable bonds is 2. The van der Waals surface area contributed by atoms with Gasteiger partial charge in [-0.15, -0.1) is 0 Å². The lowest BCUT2D eigenvalue weighted by Crippen LogP contribution is -2.70. The second-order valence-electron chi connectivity index (χ2n) is 10.2. The molecule has 2 bridgehead atoms. The molecule has 4 saturated heterocycles. The highest BCUT2D eigenvalue weighted by molar-refractivity contribution is 5.95. The van der Waals surface area contributed by atoms with Gasteiger partial charge in [0.15, 0.2) is 11.9 Å². The number of carbonyl (C=O) groups is 1. The molecule has 1 unspecified atom stereocenters. The molecule has 4 aliphatic heterocycles. The van der Waals surface area contributed by atoms with Gasteiger partial charge in [0.1, 0.15) is 0 Å². The van der Waals surface area contributed by atoms with Crippen LogP contribution in [0.2, 0.25) is 0 Å². The quantitative estimate of drug-likeness (QED) is 0.474. The fraction of sp³-hybridized carbons (Fsp3) is 0.577. The average Bonchev–Trinajstić information content (AvgIpc) is 3.03. The van der Waals surface area contributed by atoms with Gasteiger partial charge >= 0.3 is 5.97 Å². The zero-order valence-corrected chi connectivity index (χ0v) is 18.8. The van der Waals surface area contributed by atoms with Gasteiger partial charge in [0.2, 0.25) is 12.1 Å². The second kappa shape index (κ2) is 7.26. The van der Waals surface area contributed by atoms with E-state index < -0.39 is 24.0 Å². The summed E-state index contributed by atoms with van der Waals surface area (Å²) in [5.74, 6) is -0.360. The van der Waals surface area contributed by atoms with Crippen molar-refractivity contribution in [1.82, 2.24) is 0 Å². The van der Waals surface area contributed by atoms with Crippen molar-refractivity contribution in [2.24, 2.45) is 23.7 Å². The molecular formula is C26H30O6. The van der Waals surface area contributed by atoms with Gasteiger partial charge in [0, 0.05) is 18.3 Å². The minimum Gasteiger partial charge on any atom is -0.432 e. The third kappa shape index (κ3) is 2.97. The first-order valence-corrected chi connectivity index (χ1v) is 11.8. The molecule has 0 amide bonds. The Balaban J connectivity index is 1.29. The molecule has 32 heavy (non-hydrogen) atoms. The van der Waals surface area contributed by atoms with Gasteiger partial charge in [-0.3, -0.25) is 0 Å². The molecule has 7 rings (SSSR count). The third-order valence-corrected chi connectivity index (χ3v) is 8.31. The Kier molecular flexibility index (Phi) is 4.67. The summed E-state index contributed by atoms with van der Waals surface area (Å²) in [6.45, 7) is 6.27. The Morgan fingerprint density at radius 1 is 1.00 bits per heavy atom. The van der Waals surface area contributed by atoms with Crippen LogP contribution in [0.5, 0.6) is 0 Å². The summed E-state index contributed by atoms with van der Waals surface area (Å²) in [4.78, 5) is 25.1. The van der Waals surface area contributed by atoms with Gasteiger partial charge in [0.05, 0.1) is 5.56 Å². The molecule has 170 valence electrons. The average molecular weight is 439 g/mol. The molecule has 0 aromatic heterocycles. The summed E-state index contributed by atoms with van der Waals surface area (Å²) < 4.78 is 18.7. The van der Waals surface area contributed by atoms with Crippen molar-refractivity contribution in [1.29, 1.82) is 0 Å². The summed E-state index contributed by atoms with van der Waals surface area (Å²) >= 11 is 0. The van der Waals surface area contributed by atoms with Crippen LogP contribution in [0, 0.1) is 23.7 Å². The summed E-state index contributed by atoms with van der Waals surface area (Å²) in [5, 5.41) is 2.09. The van der Waals surface area contributed by atoms with Crippen LogP contribution in [0.15, 0.2) is 42.5 Å². The predicted octanol–water partition coefficient (Wildman–Crippen LogP) is 5.20. The van der Waals surface area contributed by atoms with Crippen molar-refractivity contribution in [3.05, 3.63) is 48.0 Å². The first kappa shape index (κ1) is 20.6. The highest BCUT2D eigenvalue weighted by Gasteiger charge is 2.69. The van der Waals surface area contributed by atoms with Crippen LogP contribution in [0.25, 0.3) is 10.8 Å². The SMILES string of the molecule is C[C@@H]1CC[C@H]2[C@@H](C)C(OC(=O)c3ccc4ccccc4c3)O[C@@H]3O[C@@]4(C)CC[C@@H]1[C@]32OO4. The molecule has 2 aromatic rings. The van der Waals surface area contributed by atoms with Gasteiger partial charge < -0.3 is 14.2 Å². The molecule has 0 radical (unpaired) electrons. The van der Waals surface area contributed by atoms with Gasteiger partial charge in [0.25, 0.3) is 0 Å². The van der Waals surface area contributed by atoms with E-state index in [2.05, 4.69) is 13.8 Å². The molecule has 2 aromatic carbocycles. The monoisotopic (exact) mass is 438 g/mol. The summed E-state index contributed by atoms with van der Waals surface area (Å²) in [6.07, 6.45) is 2.49. The standard InChI is InChI=1S/C26H30O6/c1-15-8-11-21-16(2)23(28-22(27)19-10-9-17-6-4-5-7-18(17)14-19)29-24-26(21)20(15)12-13-25(3,30-24)31-32-26/h4-7,9-10,14-16,20-21,23-24H,8,11-13H2,1-3H3/t15-,16-,20+,21+,23?,24-,25-,26-/m1/s1. The van der Waals surface area contributed by atoms with Crippen molar-refractivity contribution in [3.8, 4) is 0 Å². The lowest BCUT2D eigenvalue weighted by atomic mass is 9.58. The van der Waals surface area contributed by atoms with Crippen LogP contribution in [0.1, 0.15) is 56.8 Å². The molecule has 5 fully saturated rings. The van der Waals surface area contributed by atoms with E-state index in [0.29, 0.717) is 11.5 Å². The maximum absolute atomic E-state index is 13.1. The number of hydrogen-bond donors (Lipinski definition) is 0. The van der Waals surface area contributed by atoms with Gasteiger partial charge in [-0.2, -0.15) is 0 Å². The van der Waals surface area contributed by atoms with Crippen LogP contribution >= 0.6 is 0 Å². The molecular weight excluding hydrogens is 408 g/mol. The van der Waals surface area contributed by atoms with Crippen molar-refractivity contribution in [3.63, 3.8) is 0 Å². The lowest BCUT2D eigenvalue weighted by molar-refractivity contribution is -0.576. The zero-order valence-electron chi connectivity index (χ0n) is 18.8. The Morgan fingerprint density at radius 3 is 2.66 bits per heavy atom. The van der Waals surface area contributed by atoms with Gasteiger partial charge in [-0.25, -0.2) is 14.6 Å². The maximum atomic E-state index is 13.1. The fourth-order valence-corrected chi connectivity index (χ4v) is 6.50. The van der Waals surface area contributed by atoms with Gasteiger partial charge in [-0.05, 0) is 60.9 Å². The van der Waals surface area contributed by atoms with Crippen molar-refractivity contribution in [2.45, 2.75) is 70.4 Å². The first-order chi connectivity index (χ1) is 15.4. The summed E-state index contributed by atoms with van der Waals surface area (Å²) in [5.41, 5.74) is -0.136. The van der Waals surface area contributed by atoms with Crippen LogP contribution in [0.3, 0.4) is 0 Å². The summed E-state index contributed by atoms with van der Waals surface area (Å²) in [6, 6.07) is 13.6. The van der Waals surface area contributed by atoms with Crippen molar-refractivity contribution in [2.75, 3.05) is 0 Å². The van der Waals surface area contributed by atoms with Gasteiger partial charge in [-0.1, -0.05) is 44.2 Å². The third-order valence-electron chi connectivity index (χ3n) is 8.31. The van der Waals surface area contributed by atoms with Crippen LogP contribution in [0.4, 0.5) is 0 Å². The number of carbonyl (C=O) groups excluding carboxylic acids is 1. The van der Waals surface area contributed by atoms with E-state index >= 15 is 0 Å². The highest BCUT2D eigenvalue weighted by atomic mass is 17.3. The Bertz CT molecular complexity index is 1050. The molecule has 4 heterocycles. The molecule has 0 N–H and O–H groups in total. The molecule has 1 saturated carbocycles. The predicted molar refractivity (Wildman–Crippen MR) is 116 cm³/mol. The molecule has 5 aliphatic rings. The van der Waals surface area contributed by atoms with Crippen LogP contribution in [-0.4, -0.2) is 29.9 Å².